The van der Waals surface area contributed by atoms with E-state index in [0.717, 1.165) is 36.0 Å². The summed E-state index contributed by atoms with van der Waals surface area (Å²) in [4.78, 5) is 0. The Labute approximate surface area is 187 Å². The number of hydrogen-bond acceptors (Lipinski definition) is 6. The number of hydrogen-bond donors (Lipinski definition) is 5. The topological polar surface area (TPSA) is 114 Å². The van der Waals surface area contributed by atoms with Gasteiger partial charge >= 0.3 is 0 Å². The molecule has 0 unspecified atom stereocenters. The van der Waals surface area contributed by atoms with Crippen molar-refractivity contribution in [3.63, 3.8) is 0 Å². The first-order valence-corrected chi connectivity index (χ1v) is 11.0. The summed E-state index contributed by atoms with van der Waals surface area (Å²) in [5, 5.41) is 48.6. The van der Waals surface area contributed by atoms with Gasteiger partial charge < -0.3 is 30.6 Å². The first-order chi connectivity index (χ1) is 14.8. The molecule has 1 aliphatic rings. The van der Waals surface area contributed by atoms with Gasteiger partial charge in [-0.2, -0.15) is 0 Å². The molecule has 7 heteroatoms. The van der Waals surface area contributed by atoms with Crippen LogP contribution >= 0.6 is 11.6 Å². The van der Waals surface area contributed by atoms with E-state index in [1.165, 1.54) is 0 Å². The number of unbranched alkanes of at least 4 members (excludes halogenated alkanes) is 1. The molecule has 0 saturated carbocycles. The Bertz CT molecular complexity index is 886. The van der Waals surface area contributed by atoms with Gasteiger partial charge in [0.1, 0.15) is 30.5 Å². The molecule has 2 aromatic rings. The zero-order valence-corrected chi connectivity index (χ0v) is 18.3. The van der Waals surface area contributed by atoms with Gasteiger partial charge in [0.2, 0.25) is 0 Å². The summed E-state index contributed by atoms with van der Waals surface area (Å²) < 4.78 is 5.66. The maximum atomic E-state index is 10.4. The van der Waals surface area contributed by atoms with Crippen molar-refractivity contribution in [1.82, 2.24) is 0 Å². The molecule has 5 N–H and O–H groups in total. The predicted molar refractivity (Wildman–Crippen MR) is 120 cm³/mol. The number of aliphatic hydroxyl groups is 4. The standard InChI is InChI=1S/C24H30ClNO5/c1-2-3-4-19(26)15-7-5-14(6-8-15)11-17-12-16(9-10-18(17)25)24-23(30)22(29)21(28)20(13-27)31-24/h5-10,12,20-24,26-30H,2-4,11,13H2,1H3/t20-,21-,22+,23-,24+/m1/s1. The van der Waals surface area contributed by atoms with E-state index in [9.17, 15) is 20.4 Å². The number of halogens is 1. The van der Waals surface area contributed by atoms with Gasteiger partial charge in [0.15, 0.2) is 0 Å². The van der Waals surface area contributed by atoms with Crippen molar-refractivity contribution in [3.8, 4) is 0 Å². The Kier molecular flexibility index (Phi) is 8.22. The molecule has 0 aliphatic carbocycles. The normalized spacial score (nSPS) is 26.1. The van der Waals surface area contributed by atoms with Crippen molar-refractivity contribution in [1.29, 1.82) is 5.41 Å². The molecule has 168 valence electrons. The number of ether oxygens (including phenoxy) is 1. The zero-order valence-electron chi connectivity index (χ0n) is 17.5. The van der Waals surface area contributed by atoms with Gasteiger partial charge in [-0.25, -0.2) is 0 Å². The van der Waals surface area contributed by atoms with Crippen molar-refractivity contribution in [3.05, 3.63) is 69.7 Å². The molecule has 1 fully saturated rings. The molecule has 2 aromatic carbocycles. The fourth-order valence-corrected chi connectivity index (χ4v) is 4.01. The van der Waals surface area contributed by atoms with Gasteiger partial charge in [-0.15, -0.1) is 0 Å². The molecule has 0 bridgehead atoms. The monoisotopic (exact) mass is 447 g/mol. The first-order valence-electron chi connectivity index (χ1n) is 10.6. The Morgan fingerprint density at radius 2 is 1.74 bits per heavy atom. The summed E-state index contributed by atoms with van der Waals surface area (Å²) in [6, 6.07) is 13.1. The highest BCUT2D eigenvalue weighted by atomic mass is 35.5. The lowest BCUT2D eigenvalue weighted by Gasteiger charge is -2.40. The number of aliphatic hydroxyl groups excluding tert-OH is 4. The highest BCUT2D eigenvalue weighted by molar-refractivity contribution is 6.31. The second-order valence-electron chi connectivity index (χ2n) is 8.06. The van der Waals surface area contributed by atoms with Crippen LogP contribution in [0.5, 0.6) is 0 Å². The molecular weight excluding hydrogens is 418 g/mol. The largest absolute Gasteiger partial charge is 0.394 e. The number of nitrogens with one attached hydrogen (secondary N) is 1. The van der Waals surface area contributed by atoms with E-state index in [1.807, 2.05) is 30.3 Å². The highest BCUT2D eigenvalue weighted by Crippen LogP contribution is 2.34. The minimum atomic E-state index is -1.43. The van der Waals surface area contributed by atoms with Crippen molar-refractivity contribution < 1.29 is 25.2 Å². The molecule has 1 saturated heterocycles. The molecule has 0 radical (unpaired) electrons. The van der Waals surface area contributed by atoms with Crippen LogP contribution in [0.25, 0.3) is 0 Å². The summed E-state index contributed by atoms with van der Waals surface area (Å²) in [5.41, 5.74) is 4.01. The SMILES string of the molecule is CCCCC(=N)c1ccc(Cc2cc([C@@H]3O[C@H](CO)[C@@H](O)[C@H](O)[C@H]3O)ccc2Cl)cc1. The third kappa shape index (κ3) is 5.52. The zero-order chi connectivity index (χ0) is 22.5. The average Bonchev–Trinajstić information content (AvgIpc) is 2.78. The van der Waals surface area contributed by atoms with Gasteiger partial charge in [-0.05, 0) is 47.6 Å². The van der Waals surface area contributed by atoms with E-state index in [-0.39, 0.29) is 0 Å². The van der Waals surface area contributed by atoms with Crippen LogP contribution in [-0.4, -0.2) is 57.2 Å². The van der Waals surface area contributed by atoms with Crippen molar-refractivity contribution in [2.45, 2.75) is 63.1 Å². The maximum Gasteiger partial charge on any atom is 0.113 e. The van der Waals surface area contributed by atoms with Crippen LogP contribution in [0.3, 0.4) is 0 Å². The molecule has 3 rings (SSSR count). The van der Waals surface area contributed by atoms with E-state index < -0.39 is 37.1 Å². The van der Waals surface area contributed by atoms with Gasteiger partial charge in [0.25, 0.3) is 0 Å². The van der Waals surface area contributed by atoms with E-state index >= 15 is 0 Å². The van der Waals surface area contributed by atoms with E-state index in [0.29, 0.717) is 22.7 Å². The van der Waals surface area contributed by atoms with Crippen molar-refractivity contribution in [2.75, 3.05) is 6.61 Å². The Balaban J connectivity index is 1.78. The second-order valence-corrected chi connectivity index (χ2v) is 8.46. The lowest BCUT2D eigenvalue weighted by Crippen LogP contribution is -2.55. The van der Waals surface area contributed by atoms with Gasteiger partial charge in [0.05, 0.1) is 6.61 Å². The van der Waals surface area contributed by atoms with Crippen LogP contribution in [0.2, 0.25) is 5.02 Å². The summed E-state index contributed by atoms with van der Waals surface area (Å²) in [5.74, 6) is 0. The molecule has 31 heavy (non-hydrogen) atoms. The Morgan fingerprint density at radius 1 is 1.03 bits per heavy atom. The van der Waals surface area contributed by atoms with Gasteiger partial charge in [0, 0.05) is 10.7 Å². The van der Waals surface area contributed by atoms with Crippen molar-refractivity contribution >= 4 is 17.3 Å². The molecular formula is C24H30ClNO5. The quantitative estimate of drug-likeness (QED) is 0.399. The average molecular weight is 448 g/mol. The summed E-state index contributed by atoms with van der Waals surface area (Å²) in [6.07, 6.45) is -2.63. The molecule has 0 amide bonds. The van der Waals surface area contributed by atoms with Gasteiger partial charge in [-0.3, -0.25) is 0 Å². The summed E-state index contributed by atoms with van der Waals surface area (Å²) >= 11 is 6.40. The van der Waals surface area contributed by atoms with Crippen LogP contribution in [0.1, 0.15) is 54.5 Å². The third-order valence-electron chi connectivity index (χ3n) is 5.77. The molecule has 1 heterocycles. The lowest BCUT2D eigenvalue weighted by atomic mass is 9.90. The smallest absolute Gasteiger partial charge is 0.113 e. The van der Waals surface area contributed by atoms with E-state index in [1.54, 1.807) is 12.1 Å². The highest BCUT2D eigenvalue weighted by Gasteiger charge is 2.44. The van der Waals surface area contributed by atoms with Crippen LogP contribution in [-0.2, 0) is 11.2 Å². The van der Waals surface area contributed by atoms with E-state index in [4.69, 9.17) is 21.7 Å². The predicted octanol–water partition coefficient (Wildman–Crippen LogP) is 3.00. The minimum Gasteiger partial charge on any atom is -0.394 e. The Morgan fingerprint density at radius 3 is 2.39 bits per heavy atom. The van der Waals surface area contributed by atoms with Crippen molar-refractivity contribution in [2.24, 2.45) is 0 Å². The number of benzene rings is 2. The Hall–Kier alpha value is -1.80. The number of rotatable bonds is 8. The molecule has 0 spiro atoms. The minimum absolute atomic E-state index is 0.471. The molecule has 0 aromatic heterocycles. The fraction of sp³-hybridized carbons (Fsp3) is 0.458. The molecule has 6 nitrogen and oxygen atoms in total. The third-order valence-corrected chi connectivity index (χ3v) is 6.14. The summed E-state index contributed by atoms with van der Waals surface area (Å²) in [7, 11) is 0. The van der Waals surface area contributed by atoms with E-state index in [2.05, 4.69) is 6.92 Å². The summed E-state index contributed by atoms with van der Waals surface area (Å²) in [6.45, 7) is 1.64. The molecule has 5 atom stereocenters. The second kappa shape index (κ2) is 10.7. The molecule has 1 aliphatic heterocycles. The lowest BCUT2D eigenvalue weighted by molar-refractivity contribution is -0.231. The van der Waals surface area contributed by atoms with Gasteiger partial charge in [-0.1, -0.05) is 61.3 Å². The maximum absolute atomic E-state index is 10.4. The van der Waals surface area contributed by atoms with Crippen LogP contribution in [0.15, 0.2) is 42.5 Å². The van der Waals surface area contributed by atoms with Crippen LogP contribution in [0, 0.1) is 5.41 Å². The first kappa shape index (κ1) is 23.9. The van der Waals surface area contributed by atoms with Crippen LogP contribution in [0.4, 0.5) is 0 Å². The van der Waals surface area contributed by atoms with Crippen LogP contribution < -0.4 is 0 Å². The fourth-order valence-electron chi connectivity index (χ4n) is 3.83.